The van der Waals surface area contributed by atoms with Crippen molar-refractivity contribution in [3.8, 4) is 11.5 Å². The van der Waals surface area contributed by atoms with Crippen LogP contribution in [0, 0.1) is 0 Å². The minimum Gasteiger partial charge on any atom is -0.497 e. The van der Waals surface area contributed by atoms with E-state index < -0.39 is 0 Å². The predicted molar refractivity (Wildman–Crippen MR) is 97.9 cm³/mol. The molecule has 0 aromatic heterocycles. The second kappa shape index (κ2) is 9.67. The first-order valence-corrected chi connectivity index (χ1v) is 7.48. The normalized spacial score (nSPS) is 11.1. The van der Waals surface area contributed by atoms with Crippen molar-refractivity contribution in [2.75, 3.05) is 19.4 Å². The first kappa shape index (κ1) is 19.6. The summed E-state index contributed by atoms with van der Waals surface area (Å²) in [5.41, 5.74) is 7.24. The van der Waals surface area contributed by atoms with Crippen LogP contribution in [0.2, 0.25) is 0 Å². The summed E-state index contributed by atoms with van der Waals surface area (Å²) in [5.74, 6) is 1.41. The third-order valence-corrected chi connectivity index (χ3v) is 3.31. The van der Waals surface area contributed by atoms with Gasteiger partial charge in [0.25, 0.3) is 0 Å². The van der Waals surface area contributed by atoms with Crippen molar-refractivity contribution < 1.29 is 14.3 Å². The lowest BCUT2D eigenvalue weighted by atomic mass is 10.1. The number of methoxy groups -OCH3 is 1. The van der Waals surface area contributed by atoms with Crippen LogP contribution in [0.3, 0.4) is 0 Å². The average Bonchev–Trinajstić information content (AvgIpc) is 2.55. The van der Waals surface area contributed by atoms with E-state index in [0.29, 0.717) is 24.4 Å². The summed E-state index contributed by atoms with van der Waals surface area (Å²) in [7, 11) is 1.61. The first-order valence-electron chi connectivity index (χ1n) is 7.48. The number of nitrogen functional groups attached to an aromatic ring is 1. The molecule has 0 saturated heterocycles. The summed E-state index contributed by atoms with van der Waals surface area (Å²) >= 11 is 0. The summed E-state index contributed by atoms with van der Waals surface area (Å²) in [5, 5.41) is 2.87. The molecule has 2 aromatic carbocycles. The lowest BCUT2D eigenvalue weighted by Gasteiger charge is -2.16. The Hall–Kier alpha value is -2.40. The van der Waals surface area contributed by atoms with E-state index in [1.807, 2.05) is 43.3 Å². The number of carbonyl (C=O) groups excluding carboxylic acids is 1. The van der Waals surface area contributed by atoms with Gasteiger partial charge in [0.05, 0.1) is 20.1 Å². The van der Waals surface area contributed by atoms with Gasteiger partial charge in [-0.2, -0.15) is 0 Å². The van der Waals surface area contributed by atoms with Crippen LogP contribution >= 0.6 is 12.4 Å². The van der Waals surface area contributed by atoms with Gasteiger partial charge in [-0.05, 0) is 36.8 Å². The fraction of sp³-hybridized carbons (Fsp3) is 0.278. The Kier molecular flexibility index (Phi) is 7.92. The van der Waals surface area contributed by atoms with Gasteiger partial charge in [0.1, 0.15) is 17.6 Å². The molecule has 24 heavy (non-hydrogen) atoms. The van der Waals surface area contributed by atoms with Gasteiger partial charge in [0.2, 0.25) is 5.91 Å². The molecule has 0 aliphatic heterocycles. The minimum atomic E-state index is -0.141. The van der Waals surface area contributed by atoms with E-state index in [-0.39, 0.29) is 24.4 Å². The molecule has 1 atom stereocenters. The molecule has 1 unspecified atom stereocenters. The highest BCUT2D eigenvalue weighted by Crippen LogP contribution is 2.19. The van der Waals surface area contributed by atoms with Crippen molar-refractivity contribution in [1.29, 1.82) is 0 Å². The van der Waals surface area contributed by atoms with Gasteiger partial charge in [-0.1, -0.05) is 18.2 Å². The zero-order valence-electron chi connectivity index (χ0n) is 13.8. The molecule has 0 spiro atoms. The molecule has 0 aliphatic carbocycles. The van der Waals surface area contributed by atoms with Crippen molar-refractivity contribution in [2.45, 2.75) is 19.4 Å². The topological polar surface area (TPSA) is 73.6 Å². The average molecular weight is 351 g/mol. The molecule has 5 nitrogen and oxygen atoms in total. The van der Waals surface area contributed by atoms with Gasteiger partial charge in [-0.15, -0.1) is 12.4 Å². The van der Waals surface area contributed by atoms with Crippen LogP contribution in [0.15, 0.2) is 48.5 Å². The highest BCUT2D eigenvalue weighted by Gasteiger charge is 2.08. The lowest BCUT2D eigenvalue weighted by Crippen LogP contribution is -2.34. The van der Waals surface area contributed by atoms with E-state index in [0.717, 1.165) is 11.3 Å². The number of hydrogen-bond donors (Lipinski definition) is 2. The molecular weight excluding hydrogens is 328 g/mol. The first-order chi connectivity index (χ1) is 11.1. The van der Waals surface area contributed by atoms with Crippen LogP contribution in [0.5, 0.6) is 11.5 Å². The van der Waals surface area contributed by atoms with Gasteiger partial charge in [-0.25, -0.2) is 0 Å². The molecule has 0 aliphatic rings. The molecule has 6 heteroatoms. The quantitative estimate of drug-likeness (QED) is 0.753. The number of rotatable bonds is 7. The van der Waals surface area contributed by atoms with Crippen LogP contribution in [0.4, 0.5) is 5.69 Å². The molecule has 1 amide bonds. The maximum Gasteiger partial charge on any atom is 0.224 e. The monoisotopic (exact) mass is 350 g/mol. The summed E-state index contributed by atoms with van der Waals surface area (Å²) in [6.07, 6.45) is 0.184. The van der Waals surface area contributed by atoms with E-state index in [2.05, 4.69) is 5.32 Å². The van der Waals surface area contributed by atoms with Crippen molar-refractivity contribution in [3.63, 3.8) is 0 Å². The Labute approximate surface area is 148 Å². The van der Waals surface area contributed by atoms with Gasteiger partial charge < -0.3 is 20.5 Å². The van der Waals surface area contributed by atoms with Gasteiger partial charge in [0.15, 0.2) is 0 Å². The molecular formula is C18H23ClN2O3. The summed E-state index contributed by atoms with van der Waals surface area (Å²) in [4.78, 5) is 11.9. The van der Waals surface area contributed by atoms with E-state index in [1.165, 1.54) is 0 Å². The number of carbonyl (C=O) groups is 1. The smallest absolute Gasteiger partial charge is 0.224 e. The minimum absolute atomic E-state index is 0. The van der Waals surface area contributed by atoms with Crippen molar-refractivity contribution in [3.05, 3.63) is 54.1 Å². The van der Waals surface area contributed by atoms with Crippen LogP contribution < -0.4 is 20.5 Å². The highest BCUT2D eigenvalue weighted by atomic mass is 35.5. The number of nitrogens with one attached hydrogen (secondary N) is 1. The molecule has 2 rings (SSSR count). The van der Waals surface area contributed by atoms with Crippen LogP contribution in [0.1, 0.15) is 12.5 Å². The summed E-state index contributed by atoms with van der Waals surface area (Å²) in [6, 6.07) is 14.7. The van der Waals surface area contributed by atoms with Crippen molar-refractivity contribution in [1.82, 2.24) is 5.32 Å². The number of halogens is 1. The van der Waals surface area contributed by atoms with Crippen LogP contribution in [-0.2, 0) is 11.2 Å². The second-order valence-electron chi connectivity index (χ2n) is 5.33. The van der Waals surface area contributed by atoms with Crippen molar-refractivity contribution in [2.24, 2.45) is 0 Å². The largest absolute Gasteiger partial charge is 0.497 e. The third-order valence-electron chi connectivity index (χ3n) is 3.31. The molecule has 3 N–H and O–H groups in total. The molecule has 0 bridgehead atoms. The maximum absolute atomic E-state index is 11.9. The fourth-order valence-electron chi connectivity index (χ4n) is 2.09. The maximum atomic E-state index is 11.9. The Morgan fingerprint density at radius 3 is 2.50 bits per heavy atom. The molecule has 130 valence electrons. The fourth-order valence-corrected chi connectivity index (χ4v) is 2.09. The van der Waals surface area contributed by atoms with Crippen LogP contribution in [0.25, 0.3) is 0 Å². The molecule has 0 fully saturated rings. The van der Waals surface area contributed by atoms with Gasteiger partial charge >= 0.3 is 0 Å². The van der Waals surface area contributed by atoms with E-state index in [9.17, 15) is 4.79 Å². The number of nitrogens with two attached hydrogens (primary N) is 1. The highest BCUT2D eigenvalue weighted by molar-refractivity contribution is 5.85. The summed E-state index contributed by atoms with van der Waals surface area (Å²) in [6.45, 7) is 2.34. The second-order valence-corrected chi connectivity index (χ2v) is 5.33. The number of ether oxygens (including phenoxy) is 2. The van der Waals surface area contributed by atoms with Gasteiger partial charge in [-0.3, -0.25) is 4.79 Å². The van der Waals surface area contributed by atoms with E-state index >= 15 is 0 Å². The van der Waals surface area contributed by atoms with E-state index in [4.69, 9.17) is 15.2 Å². The van der Waals surface area contributed by atoms with E-state index in [1.54, 1.807) is 19.2 Å². The predicted octanol–water partition coefficient (Wildman–Crippen LogP) is 2.83. The SMILES string of the molecule is COc1cccc(OC(C)CNC(=O)Cc2ccc(N)cc2)c1.Cl. The zero-order valence-corrected chi connectivity index (χ0v) is 14.6. The molecule has 2 aromatic rings. The molecule has 0 heterocycles. The molecule has 0 saturated carbocycles. The van der Waals surface area contributed by atoms with Crippen molar-refractivity contribution >= 4 is 24.0 Å². The number of anilines is 1. The summed E-state index contributed by atoms with van der Waals surface area (Å²) < 4.78 is 10.9. The van der Waals surface area contributed by atoms with Crippen LogP contribution in [-0.4, -0.2) is 25.7 Å². The Morgan fingerprint density at radius 2 is 1.83 bits per heavy atom. The Balaban J connectivity index is 0.00000288. The molecule has 0 radical (unpaired) electrons. The zero-order chi connectivity index (χ0) is 16.7. The number of hydrogen-bond acceptors (Lipinski definition) is 4. The Bertz CT molecular complexity index is 647. The Morgan fingerprint density at radius 1 is 1.17 bits per heavy atom. The standard InChI is InChI=1S/C18H22N2O3.ClH/c1-13(23-17-5-3-4-16(11-17)22-2)12-20-18(21)10-14-6-8-15(19)9-7-14;/h3-9,11,13H,10,12,19H2,1-2H3,(H,20,21);1H. The number of amides is 1. The third kappa shape index (κ3) is 6.38. The van der Waals surface area contributed by atoms with Gasteiger partial charge in [0, 0.05) is 11.8 Å². The lowest BCUT2D eigenvalue weighted by molar-refractivity contribution is -0.120. The number of benzene rings is 2.